The first-order valence-electron chi connectivity index (χ1n) is 6.09. The second kappa shape index (κ2) is 5.93. The number of esters is 1. The van der Waals surface area contributed by atoms with Gasteiger partial charge in [0.25, 0.3) is 5.92 Å². The summed E-state index contributed by atoms with van der Waals surface area (Å²) in [5, 5.41) is 2.94. The maximum absolute atomic E-state index is 13.1. The summed E-state index contributed by atoms with van der Waals surface area (Å²) in [7, 11) is 0. The Morgan fingerprint density at radius 1 is 1.44 bits per heavy atom. The molecule has 0 spiro atoms. The van der Waals surface area contributed by atoms with Gasteiger partial charge in [0.15, 0.2) is 0 Å². The number of alkyl halides is 2. The van der Waals surface area contributed by atoms with Crippen molar-refractivity contribution < 1.29 is 23.0 Å². The molecule has 0 aliphatic carbocycles. The van der Waals surface area contributed by atoms with Crippen LogP contribution in [0.3, 0.4) is 0 Å². The molecule has 0 saturated carbocycles. The summed E-state index contributed by atoms with van der Waals surface area (Å²) < 4.78 is 36.3. The van der Waals surface area contributed by atoms with E-state index in [1.807, 2.05) is 0 Å². The van der Waals surface area contributed by atoms with Crippen molar-refractivity contribution in [1.29, 1.82) is 0 Å². The van der Waals surface area contributed by atoms with Gasteiger partial charge in [-0.15, -0.1) is 0 Å². The number of halogens is 2. The molecule has 4 nitrogen and oxygen atoms in total. The van der Waals surface area contributed by atoms with E-state index in [0.29, 0.717) is 0 Å². The molecule has 18 heavy (non-hydrogen) atoms. The first-order valence-corrected chi connectivity index (χ1v) is 6.09. The van der Waals surface area contributed by atoms with Gasteiger partial charge in [-0.3, -0.25) is 0 Å². The van der Waals surface area contributed by atoms with E-state index in [-0.39, 0.29) is 32.6 Å². The van der Waals surface area contributed by atoms with Crippen LogP contribution in [0.4, 0.5) is 8.78 Å². The minimum atomic E-state index is -2.63. The number of carbonyl (C=O) groups excluding carboxylic acids is 1. The molecule has 1 N–H and O–H groups in total. The van der Waals surface area contributed by atoms with Crippen LogP contribution in [0, 0.1) is 0 Å². The SMILES string of the molecule is CC(C)(C)OC(=O)COC[C@@H]1CC(F)(F)CCN1. The van der Waals surface area contributed by atoms with E-state index in [1.54, 1.807) is 20.8 Å². The standard InChI is InChI=1S/C12H21F2NO3/c1-11(2,3)18-10(16)8-17-7-9-6-12(13,14)4-5-15-9/h9,15H,4-8H2,1-3H3/t9-/m0/s1. The highest BCUT2D eigenvalue weighted by molar-refractivity contribution is 5.71. The molecule has 1 rings (SSSR count). The highest BCUT2D eigenvalue weighted by Gasteiger charge is 2.36. The van der Waals surface area contributed by atoms with Crippen LogP contribution < -0.4 is 5.32 Å². The van der Waals surface area contributed by atoms with E-state index in [2.05, 4.69) is 5.32 Å². The fraction of sp³-hybridized carbons (Fsp3) is 0.917. The molecule has 0 amide bonds. The van der Waals surface area contributed by atoms with Gasteiger partial charge >= 0.3 is 5.97 Å². The second-order valence-corrected chi connectivity index (χ2v) is 5.56. The number of carbonyl (C=O) groups is 1. The first kappa shape index (κ1) is 15.3. The zero-order valence-corrected chi connectivity index (χ0v) is 11.1. The molecule has 0 aromatic heterocycles. The fourth-order valence-corrected chi connectivity index (χ4v) is 1.77. The Morgan fingerprint density at radius 3 is 2.67 bits per heavy atom. The average molecular weight is 265 g/mol. The van der Waals surface area contributed by atoms with Crippen molar-refractivity contribution in [2.75, 3.05) is 19.8 Å². The summed E-state index contributed by atoms with van der Waals surface area (Å²) in [6, 6.07) is -0.406. The Balaban J connectivity index is 2.20. The lowest BCUT2D eigenvalue weighted by Crippen LogP contribution is -2.46. The maximum atomic E-state index is 13.1. The van der Waals surface area contributed by atoms with Gasteiger partial charge in [-0.25, -0.2) is 13.6 Å². The van der Waals surface area contributed by atoms with Crippen molar-refractivity contribution in [3.63, 3.8) is 0 Å². The number of piperidine rings is 1. The van der Waals surface area contributed by atoms with Gasteiger partial charge in [0.05, 0.1) is 6.61 Å². The zero-order valence-electron chi connectivity index (χ0n) is 11.1. The van der Waals surface area contributed by atoms with Gasteiger partial charge in [-0.05, 0) is 20.8 Å². The molecule has 0 unspecified atom stereocenters. The number of ether oxygens (including phenoxy) is 2. The van der Waals surface area contributed by atoms with E-state index in [9.17, 15) is 13.6 Å². The number of rotatable bonds is 4. The van der Waals surface area contributed by atoms with E-state index in [4.69, 9.17) is 9.47 Å². The lowest BCUT2D eigenvalue weighted by molar-refractivity contribution is -0.160. The first-order chi connectivity index (χ1) is 8.18. The molecule has 1 aliphatic rings. The maximum Gasteiger partial charge on any atom is 0.332 e. The molecule has 1 saturated heterocycles. The van der Waals surface area contributed by atoms with E-state index in [0.717, 1.165) is 0 Å². The molecular formula is C12H21F2NO3. The smallest absolute Gasteiger partial charge is 0.332 e. The Hall–Kier alpha value is -0.750. The molecule has 106 valence electrons. The van der Waals surface area contributed by atoms with Gasteiger partial charge in [0.1, 0.15) is 12.2 Å². The molecular weight excluding hydrogens is 244 g/mol. The molecule has 0 aromatic carbocycles. The fourth-order valence-electron chi connectivity index (χ4n) is 1.77. The third kappa shape index (κ3) is 6.26. The van der Waals surface area contributed by atoms with Gasteiger partial charge < -0.3 is 14.8 Å². The van der Waals surface area contributed by atoms with Gasteiger partial charge in [-0.2, -0.15) is 0 Å². The normalized spacial score (nSPS) is 23.7. The summed E-state index contributed by atoms with van der Waals surface area (Å²) in [5.74, 6) is -3.12. The lowest BCUT2D eigenvalue weighted by Gasteiger charge is -2.29. The Bertz CT molecular complexity index is 290. The van der Waals surface area contributed by atoms with Crippen molar-refractivity contribution in [3.8, 4) is 0 Å². The van der Waals surface area contributed by atoms with Crippen LogP contribution in [0.15, 0.2) is 0 Å². The predicted octanol–water partition coefficient (Wildman–Crippen LogP) is 1.73. The summed E-state index contributed by atoms with van der Waals surface area (Å²) >= 11 is 0. The highest BCUT2D eigenvalue weighted by atomic mass is 19.3. The van der Waals surface area contributed by atoms with Crippen LogP contribution in [-0.2, 0) is 14.3 Å². The molecule has 6 heteroatoms. The number of nitrogens with one attached hydrogen (secondary N) is 1. The summed E-state index contributed by atoms with van der Waals surface area (Å²) in [5.41, 5.74) is -0.559. The highest BCUT2D eigenvalue weighted by Crippen LogP contribution is 2.27. The molecule has 0 bridgehead atoms. The Kier molecular flexibility index (Phi) is 5.04. The minimum Gasteiger partial charge on any atom is -0.458 e. The summed E-state index contributed by atoms with van der Waals surface area (Å²) in [6.07, 6.45) is -0.392. The number of hydrogen-bond acceptors (Lipinski definition) is 4. The van der Waals surface area contributed by atoms with Crippen LogP contribution >= 0.6 is 0 Å². The van der Waals surface area contributed by atoms with Crippen LogP contribution in [0.1, 0.15) is 33.6 Å². The largest absolute Gasteiger partial charge is 0.458 e. The molecule has 1 fully saturated rings. The van der Waals surface area contributed by atoms with Crippen LogP contribution in [0.5, 0.6) is 0 Å². The monoisotopic (exact) mass is 265 g/mol. The summed E-state index contributed by atoms with van der Waals surface area (Å²) in [4.78, 5) is 11.3. The van der Waals surface area contributed by atoms with E-state index < -0.39 is 23.5 Å². The van der Waals surface area contributed by atoms with Crippen LogP contribution in [0.25, 0.3) is 0 Å². The molecule has 1 heterocycles. The van der Waals surface area contributed by atoms with Crippen molar-refractivity contribution in [3.05, 3.63) is 0 Å². The zero-order chi connectivity index (χ0) is 13.8. The van der Waals surface area contributed by atoms with Crippen molar-refractivity contribution in [2.24, 2.45) is 0 Å². The van der Waals surface area contributed by atoms with Crippen molar-refractivity contribution in [1.82, 2.24) is 5.32 Å². The quantitative estimate of drug-likeness (QED) is 0.786. The van der Waals surface area contributed by atoms with Crippen LogP contribution in [-0.4, -0.2) is 43.3 Å². The third-order valence-corrected chi connectivity index (χ3v) is 2.43. The summed E-state index contributed by atoms with van der Waals surface area (Å²) in [6.45, 7) is 5.43. The van der Waals surface area contributed by atoms with E-state index in [1.165, 1.54) is 0 Å². The lowest BCUT2D eigenvalue weighted by atomic mass is 10.0. The van der Waals surface area contributed by atoms with Gasteiger partial charge in [0.2, 0.25) is 0 Å². The van der Waals surface area contributed by atoms with Crippen molar-refractivity contribution >= 4 is 5.97 Å². The second-order valence-electron chi connectivity index (χ2n) is 5.56. The molecule has 0 aromatic rings. The topological polar surface area (TPSA) is 47.6 Å². The predicted molar refractivity (Wildman–Crippen MR) is 62.6 cm³/mol. The minimum absolute atomic E-state index is 0.0921. The average Bonchev–Trinajstić information content (AvgIpc) is 2.12. The third-order valence-electron chi connectivity index (χ3n) is 2.43. The van der Waals surface area contributed by atoms with Crippen LogP contribution in [0.2, 0.25) is 0 Å². The Morgan fingerprint density at radius 2 is 2.11 bits per heavy atom. The number of hydrogen-bond donors (Lipinski definition) is 1. The van der Waals surface area contributed by atoms with Crippen molar-refractivity contribution in [2.45, 2.75) is 51.2 Å². The van der Waals surface area contributed by atoms with Gasteiger partial charge in [-0.1, -0.05) is 0 Å². The molecule has 0 radical (unpaired) electrons. The molecule has 1 atom stereocenters. The van der Waals surface area contributed by atoms with E-state index >= 15 is 0 Å². The van der Waals surface area contributed by atoms with Gasteiger partial charge in [0, 0.05) is 25.4 Å². The Labute approximate surface area is 106 Å². The molecule has 1 aliphatic heterocycles.